The number of halogens is 1. The fourth-order valence-electron chi connectivity index (χ4n) is 1.77. The van der Waals surface area contributed by atoms with Gasteiger partial charge in [-0.15, -0.1) is 11.3 Å². The normalized spacial score (nSPS) is 10.8. The van der Waals surface area contributed by atoms with Gasteiger partial charge in [-0.2, -0.15) is 5.26 Å². The van der Waals surface area contributed by atoms with E-state index < -0.39 is 11.7 Å². The predicted molar refractivity (Wildman–Crippen MR) is 69.1 cm³/mol. The zero-order chi connectivity index (χ0) is 13.4. The highest BCUT2D eigenvalue weighted by molar-refractivity contribution is 7.21. The van der Waals surface area contributed by atoms with Crippen LogP contribution in [0.5, 0.6) is 0 Å². The zero-order valence-corrected chi connectivity index (χ0v) is 10.8. The molecule has 1 aromatic heterocycles. The lowest BCUT2D eigenvalue weighted by Gasteiger charge is -2.06. The summed E-state index contributed by atoms with van der Waals surface area (Å²) in [6, 6.07) is 5.45. The molecule has 0 aliphatic carbocycles. The van der Waals surface area contributed by atoms with Crippen molar-refractivity contribution in [3.63, 3.8) is 0 Å². The van der Waals surface area contributed by atoms with Crippen molar-refractivity contribution in [1.82, 2.24) is 0 Å². The highest BCUT2D eigenvalue weighted by atomic mass is 32.1. The van der Waals surface area contributed by atoms with Gasteiger partial charge in [-0.05, 0) is 23.6 Å². The van der Waals surface area contributed by atoms with Crippen molar-refractivity contribution in [2.24, 2.45) is 5.73 Å². The molecular formula is C13H11FN2OS. The molecule has 0 aliphatic heterocycles. The van der Waals surface area contributed by atoms with Crippen LogP contribution >= 0.6 is 11.3 Å². The Morgan fingerprint density at radius 1 is 1.50 bits per heavy atom. The molecule has 0 aliphatic rings. The number of benzene rings is 1. The van der Waals surface area contributed by atoms with E-state index in [0.717, 1.165) is 16.9 Å². The third-order valence-corrected chi connectivity index (χ3v) is 3.99. The Morgan fingerprint density at radius 2 is 2.17 bits per heavy atom. The van der Waals surface area contributed by atoms with Crippen LogP contribution in [0.1, 0.15) is 40.6 Å². The number of hydrogen-bond acceptors (Lipinski definition) is 3. The number of fused-ring (bicyclic) bond motifs is 1. The van der Waals surface area contributed by atoms with E-state index >= 15 is 0 Å². The van der Waals surface area contributed by atoms with Crippen LogP contribution in [0.2, 0.25) is 0 Å². The van der Waals surface area contributed by atoms with Crippen molar-refractivity contribution in [2.45, 2.75) is 19.8 Å². The summed E-state index contributed by atoms with van der Waals surface area (Å²) in [5.41, 5.74) is 6.37. The summed E-state index contributed by atoms with van der Waals surface area (Å²) in [6.07, 6.45) is 0. The molecule has 0 saturated carbocycles. The van der Waals surface area contributed by atoms with Gasteiger partial charge in [-0.1, -0.05) is 13.8 Å². The average Bonchev–Trinajstić information content (AvgIpc) is 2.66. The smallest absolute Gasteiger partial charge is 0.261 e. The monoisotopic (exact) mass is 262 g/mol. The summed E-state index contributed by atoms with van der Waals surface area (Å²) < 4.78 is 14.5. The lowest BCUT2D eigenvalue weighted by atomic mass is 9.99. The number of nitrogens with two attached hydrogens (primary N) is 1. The van der Waals surface area contributed by atoms with E-state index in [1.165, 1.54) is 0 Å². The first-order valence-corrected chi connectivity index (χ1v) is 6.23. The molecule has 0 radical (unpaired) electrons. The molecule has 18 heavy (non-hydrogen) atoms. The van der Waals surface area contributed by atoms with E-state index in [-0.39, 0.29) is 10.8 Å². The second-order valence-electron chi connectivity index (χ2n) is 4.32. The van der Waals surface area contributed by atoms with Gasteiger partial charge in [-0.3, -0.25) is 4.79 Å². The minimum Gasteiger partial charge on any atom is -0.365 e. The van der Waals surface area contributed by atoms with Crippen molar-refractivity contribution in [3.05, 3.63) is 34.0 Å². The van der Waals surface area contributed by atoms with Crippen LogP contribution in [0, 0.1) is 17.1 Å². The van der Waals surface area contributed by atoms with Crippen LogP contribution in [-0.2, 0) is 0 Å². The van der Waals surface area contributed by atoms with Gasteiger partial charge in [0.05, 0.1) is 10.3 Å². The molecule has 2 aromatic rings. The summed E-state index contributed by atoms with van der Waals surface area (Å²) in [5, 5.41) is 9.40. The fourth-order valence-corrected chi connectivity index (χ4v) is 2.75. The summed E-state index contributed by atoms with van der Waals surface area (Å²) in [5.74, 6) is -1.25. The molecule has 0 unspecified atom stereocenters. The zero-order valence-electron chi connectivity index (χ0n) is 9.95. The number of nitriles is 1. The number of carbonyl (C=O) groups is 1. The molecule has 0 fully saturated rings. The third kappa shape index (κ3) is 1.85. The number of hydrogen-bond donors (Lipinski definition) is 1. The molecule has 2 N–H and O–H groups in total. The van der Waals surface area contributed by atoms with Gasteiger partial charge in [0.1, 0.15) is 10.9 Å². The standard InChI is InChI=1S/C13H11FN2OS/c1-6(2)7-3-8(5-15)11-9(4-7)10(14)12(18-11)13(16)17/h3-4,6H,1-2H3,(H2,16,17). The van der Waals surface area contributed by atoms with Crippen molar-refractivity contribution < 1.29 is 9.18 Å². The van der Waals surface area contributed by atoms with Gasteiger partial charge < -0.3 is 5.73 Å². The Labute approximate surface area is 108 Å². The van der Waals surface area contributed by atoms with Crippen LogP contribution < -0.4 is 5.73 Å². The van der Waals surface area contributed by atoms with Crippen molar-refractivity contribution in [2.75, 3.05) is 0 Å². The highest BCUT2D eigenvalue weighted by Gasteiger charge is 2.19. The maximum absolute atomic E-state index is 14.0. The number of amides is 1. The van der Waals surface area contributed by atoms with Gasteiger partial charge in [0.25, 0.3) is 5.91 Å². The predicted octanol–water partition coefficient (Wildman–Crippen LogP) is 3.13. The van der Waals surface area contributed by atoms with Gasteiger partial charge in [0.2, 0.25) is 0 Å². The van der Waals surface area contributed by atoms with Gasteiger partial charge >= 0.3 is 0 Å². The highest BCUT2D eigenvalue weighted by Crippen LogP contribution is 2.34. The van der Waals surface area contributed by atoms with Crippen LogP contribution in [0.4, 0.5) is 4.39 Å². The number of carbonyl (C=O) groups excluding carboxylic acids is 1. The summed E-state index contributed by atoms with van der Waals surface area (Å²) in [7, 11) is 0. The van der Waals surface area contributed by atoms with Crippen LogP contribution in [0.3, 0.4) is 0 Å². The third-order valence-electron chi connectivity index (χ3n) is 2.76. The Bertz CT molecular complexity index is 682. The maximum atomic E-state index is 14.0. The number of thiophene rings is 1. The van der Waals surface area contributed by atoms with E-state index in [4.69, 9.17) is 11.0 Å². The van der Waals surface area contributed by atoms with Gasteiger partial charge in [0, 0.05) is 5.39 Å². The van der Waals surface area contributed by atoms with E-state index in [9.17, 15) is 9.18 Å². The molecule has 0 atom stereocenters. The molecular weight excluding hydrogens is 251 g/mol. The van der Waals surface area contributed by atoms with Crippen LogP contribution in [0.25, 0.3) is 10.1 Å². The van der Waals surface area contributed by atoms with E-state index in [1.807, 2.05) is 19.9 Å². The molecule has 1 aromatic carbocycles. The quantitative estimate of drug-likeness (QED) is 0.903. The number of rotatable bonds is 2. The fraction of sp³-hybridized carbons (Fsp3) is 0.231. The van der Waals surface area contributed by atoms with Crippen LogP contribution in [0.15, 0.2) is 12.1 Å². The molecule has 1 amide bonds. The van der Waals surface area contributed by atoms with Crippen molar-refractivity contribution >= 4 is 27.3 Å². The van der Waals surface area contributed by atoms with Gasteiger partial charge in [0.15, 0.2) is 5.82 Å². The molecule has 92 valence electrons. The summed E-state index contributed by atoms with van der Waals surface area (Å²) in [4.78, 5) is 11.0. The summed E-state index contributed by atoms with van der Waals surface area (Å²) in [6.45, 7) is 3.92. The van der Waals surface area contributed by atoms with E-state index in [0.29, 0.717) is 15.6 Å². The largest absolute Gasteiger partial charge is 0.365 e. The van der Waals surface area contributed by atoms with Crippen molar-refractivity contribution in [1.29, 1.82) is 5.26 Å². The SMILES string of the molecule is CC(C)c1cc(C#N)c2sc(C(N)=O)c(F)c2c1. The van der Waals surface area contributed by atoms with Crippen LogP contribution in [-0.4, -0.2) is 5.91 Å². The lowest BCUT2D eigenvalue weighted by molar-refractivity contribution is 0.100. The molecule has 1 heterocycles. The Balaban J connectivity index is 2.86. The Kier molecular flexibility index (Phi) is 3.05. The lowest BCUT2D eigenvalue weighted by Crippen LogP contribution is -2.10. The molecule has 0 bridgehead atoms. The second-order valence-corrected chi connectivity index (χ2v) is 5.34. The molecule has 0 saturated heterocycles. The minimum atomic E-state index is -0.802. The van der Waals surface area contributed by atoms with Gasteiger partial charge in [-0.25, -0.2) is 4.39 Å². The molecule has 3 nitrogen and oxygen atoms in total. The van der Waals surface area contributed by atoms with E-state index in [1.54, 1.807) is 12.1 Å². The minimum absolute atomic E-state index is 0.123. The first-order chi connectivity index (χ1) is 8.45. The Hall–Kier alpha value is -1.93. The summed E-state index contributed by atoms with van der Waals surface area (Å²) >= 11 is 0.932. The first-order valence-electron chi connectivity index (χ1n) is 5.41. The molecule has 0 spiro atoms. The molecule has 2 rings (SSSR count). The van der Waals surface area contributed by atoms with E-state index in [2.05, 4.69) is 0 Å². The number of primary amides is 1. The van der Waals surface area contributed by atoms with Crippen molar-refractivity contribution in [3.8, 4) is 6.07 Å². The molecule has 5 heteroatoms. The topological polar surface area (TPSA) is 66.9 Å². The Morgan fingerprint density at radius 3 is 2.67 bits per heavy atom. The average molecular weight is 262 g/mol. The maximum Gasteiger partial charge on any atom is 0.261 e. The second kappa shape index (κ2) is 4.39. The first kappa shape index (κ1) is 12.5. The number of nitrogens with zero attached hydrogens (tertiary/aromatic N) is 1.